The van der Waals surface area contributed by atoms with E-state index in [1.54, 1.807) is 10.6 Å². The molecule has 1 aliphatic carbocycles. The molecule has 40 heavy (non-hydrogen) atoms. The monoisotopic (exact) mass is 660 g/mol. The predicted octanol–water partition coefficient (Wildman–Crippen LogP) is 6.06. The van der Waals surface area contributed by atoms with Crippen LogP contribution in [0.2, 0.25) is 0 Å². The molecule has 2 heterocycles. The first-order valence-corrected chi connectivity index (χ1v) is 14.7. The molecule has 1 atom stereocenters. The van der Waals surface area contributed by atoms with Crippen molar-refractivity contribution in [3.05, 3.63) is 68.6 Å². The number of amides is 1. The van der Waals surface area contributed by atoms with Gasteiger partial charge in [-0.1, -0.05) is 12.6 Å². The van der Waals surface area contributed by atoms with Gasteiger partial charge in [0.05, 0.1) is 25.9 Å². The van der Waals surface area contributed by atoms with Gasteiger partial charge in [-0.25, -0.2) is 4.79 Å². The van der Waals surface area contributed by atoms with Crippen LogP contribution in [-0.4, -0.2) is 71.1 Å². The van der Waals surface area contributed by atoms with E-state index < -0.39 is 17.7 Å². The molecular formula is C31H39IN3O5+. The van der Waals surface area contributed by atoms with Crippen LogP contribution in [0.3, 0.4) is 0 Å². The standard InChI is InChI=1S/C31H39IN3O5/c1-19-14-27(24(15-25(19)32)29(36)38-7)39-28(26-11-10-23(16-33-26)22-8-9-22)20(2)17-34-12-13-35(21(3)18-34)30(37)40-31(4,5)6/h10-11,14-16,22,28H,2,8-9,12-13,17-18H2,1,3-7H3/q+1/t28-/m1/s1. The summed E-state index contributed by atoms with van der Waals surface area (Å²) in [5.41, 5.74) is 4.49. The minimum absolute atomic E-state index is 0.325. The van der Waals surface area contributed by atoms with Gasteiger partial charge in [0.25, 0.3) is 0 Å². The van der Waals surface area contributed by atoms with Crippen LogP contribution < -0.4 is 4.74 Å². The summed E-state index contributed by atoms with van der Waals surface area (Å²) < 4.78 is 19.8. The van der Waals surface area contributed by atoms with Crippen molar-refractivity contribution in [3.63, 3.8) is 0 Å². The Labute approximate surface area is 250 Å². The Kier molecular flexibility index (Phi) is 9.34. The quantitative estimate of drug-likeness (QED) is 0.148. The summed E-state index contributed by atoms with van der Waals surface area (Å²) >= 11 is 2.20. The van der Waals surface area contributed by atoms with Gasteiger partial charge in [0.15, 0.2) is 18.4 Å². The predicted molar refractivity (Wildman–Crippen MR) is 162 cm³/mol. The number of halogens is 1. The van der Waals surface area contributed by atoms with Crippen LogP contribution in [0.1, 0.15) is 79.7 Å². The molecule has 0 unspecified atom stereocenters. The van der Waals surface area contributed by atoms with Gasteiger partial charge in [-0.2, -0.15) is 4.79 Å². The number of pyridine rings is 1. The number of carbonyl (C=O) groups is 2. The van der Waals surface area contributed by atoms with Gasteiger partial charge in [0.2, 0.25) is 0 Å². The highest BCUT2D eigenvalue weighted by molar-refractivity contribution is 14.1. The molecule has 0 radical (unpaired) electrons. The molecular weight excluding hydrogens is 621 g/mol. The Morgan fingerprint density at radius 1 is 1.23 bits per heavy atom. The second-order valence-corrected chi connectivity index (χ2v) is 12.8. The number of nitrogens with zero attached hydrogens (tertiary/aromatic N) is 3. The molecule has 2 aromatic rings. The summed E-state index contributed by atoms with van der Waals surface area (Å²) in [7, 11) is 1.36. The van der Waals surface area contributed by atoms with Gasteiger partial charge in [-0.05, 0) is 104 Å². The molecule has 0 saturated heterocycles. The molecule has 0 spiro atoms. The van der Waals surface area contributed by atoms with E-state index in [0.717, 1.165) is 26.1 Å². The van der Waals surface area contributed by atoms with E-state index in [0.29, 0.717) is 43.4 Å². The molecule has 1 aromatic carbocycles. The van der Waals surface area contributed by atoms with Gasteiger partial charge < -0.3 is 14.2 Å². The lowest BCUT2D eigenvalue weighted by molar-refractivity contribution is -0.458. The number of methoxy groups -OCH3 is 1. The van der Waals surface area contributed by atoms with Gasteiger partial charge in [-0.15, -0.1) is 4.58 Å². The molecule has 0 bridgehead atoms. The lowest BCUT2D eigenvalue weighted by atomic mass is 10.0. The highest BCUT2D eigenvalue weighted by Crippen LogP contribution is 2.40. The number of aromatic nitrogens is 1. The zero-order valence-corrected chi connectivity index (χ0v) is 26.4. The van der Waals surface area contributed by atoms with E-state index in [1.807, 2.05) is 52.9 Å². The largest absolute Gasteiger partial charge is 0.596 e. The fourth-order valence-corrected chi connectivity index (χ4v) is 5.19. The van der Waals surface area contributed by atoms with Gasteiger partial charge in [0.1, 0.15) is 16.9 Å². The van der Waals surface area contributed by atoms with Crippen LogP contribution in [0.4, 0.5) is 4.79 Å². The third-order valence-corrected chi connectivity index (χ3v) is 8.16. The summed E-state index contributed by atoms with van der Waals surface area (Å²) in [6, 6.07) is 7.76. The fourth-order valence-electron chi connectivity index (χ4n) is 4.72. The molecule has 2 aliphatic rings. The topological polar surface area (TPSA) is 81.0 Å². The fraction of sp³-hybridized carbons (Fsp3) is 0.484. The minimum Gasteiger partial charge on any atom is -0.479 e. The number of ether oxygens (including phenoxy) is 3. The van der Waals surface area contributed by atoms with Gasteiger partial charge in [0, 0.05) is 23.2 Å². The highest BCUT2D eigenvalue weighted by atomic mass is 127. The lowest BCUT2D eigenvalue weighted by Gasteiger charge is -2.29. The van der Waals surface area contributed by atoms with E-state index in [4.69, 9.17) is 19.2 Å². The molecule has 4 rings (SSSR count). The number of aryl methyl sites for hydroxylation is 1. The van der Waals surface area contributed by atoms with E-state index >= 15 is 0 Å². The second kappa shape index (κ2) is 12.4. The zero-order valence-electron chi connectivity index (χ0n) is 24.3. The van der Waals surface area contributed by atoms with Crippen molar-refractivity contribution in [2.75, 3.05) is 33.3 Å². The summed E-state index contributed by atoms with van der Waals surface area (Å²) in [6.07, 6.45) is 3.41. The minimum atomic E-state index is -0.583. The first-order chi connectivity index (χ1) is 18.9. The van der Waals surface area contributed by atoms with Crippen molar-refractivity contribution < 1.29 is 28.4 Å². The number of benzene rings is 1. The molecule has 8 nitrogen and oxygen atoms in total. The first kappa shape index (κ1) is 30.2. The average Bonchev–Trinajstić information content (AvgIpc) is 3.73. The van der Waals surface area contributed by atoms with E-state index in [9.17, 15) is 9.59 Å². The maximum Gasteiger partial charge on any atom is 0.596 e. The van der Waals surface area contributed by atoms with Gasteiger partial charge in [-0.3, -0.25) is 9.88 Å². The van der Waals surface area contributed by atoms with Crippen LogP contribution in [-0.2, 0) is 9.47 Å². The lowest BCUT2D eigenvalue weighted by Crippen LogP contribution is -2.47. The number of hydrogen-bond donors (Lipinski definition) is 0. The number of rotatable bonds is 8. The third kappa shape index (κ3) is 7.48. The SMILES string of the molecule is C=C(CN1CC[N+](C(=O)OC(C)(C)C)=C(C)C1)[C@@H](Oc1cc(C)c(I)cc1C(=O)OC)c1ccc(C2CC2)cn1. The second-order valence-electron chi connectivity index (χ2n) is 11.6. The third-order valence-electron chi connectivity index (χ3n) is 7.00. The number of hydrogen-bond acceptors (Lipinski definition) is 7. The molecule has 1 saturated carbocycles. The Balaban J connectivity index is 1.58. The molecule has 1 fully saturated rings. The van der Waals surface area contributed by atoms with Crippen molar-refractivity contribution in [3.8, 4) is 5.75 Å². The molecule has 1 aromatic heterocycles. The van der Waals surface area contributed by atoms with Gasteiger partial charge >= 0.3 is 12.1 Å². The molecule has 214 valence electrons. The van der Waals surface area contributed by atoms with Crippen molar-refractivity contribution in [1.82, 2.24) is 9.88 Å². The summed E-state index contributed by atoms with van der Waals surface area (Å²) in [6.45, 7) is 16.3. The summed E-state index contributed by atoms with van der Waals surface area (Å²) in [4.78, 5) is 32.3. The average molecular weight is 661 g/mol. The van der Waals surface area contributed by atoms with Crippen LogP contribution in [0.5, 0.6) is 5.75 Å². The van der Waals surface area contributed by atoms with E-state index in [1.165, 1.54) is 25.5 Å². The van der Waals surface area contributed by atoms with Crippen molar-refractivity contribution in [1.29, 1.82) is 0 Å². The van der Waals surface area contributed by atoms with Crippen molar-refractivity contribution >= 4 is 40.4 Å². The van der Waals surface area contributed by atoms with Crippen molar-refractivity contribution in [2.45, 2.75) is 65.1 Å². The first-order valence-electron chi connectivity index (χ1n) is 13.6. The number of esters is 1. The van der Waals surface area contributed by atoms with E-state index in [-0.39, 0.29) is 6.09 Å². The van der Waals surface area contributed by atoms with Crippen LogP contribution in [0.15, 0.2) is 42.6 Å². The number of carbonyl (C=O) groups excluding carboxylic acids is 2. The Hall–Kier alpha value is -2.79. The molecule has 1 amide bonds. The maximum absolute atomic E-state index is 12.7. The molecule has 9 heteroatoms. The zero-order chi connectivity index (χ0) is 29.2. The Bertz CT molecular complexity index is 1330. The Morgan fingerprint density at radius 3 is 2.52 bits per heavy atom. The molecule has 1 aliphatic heterocycles. The van der Waals surface area contributed by atoms with E-state index in [2.05, 4.69) is 40.1 Å². The molecule has 0 N–H and O–H groups in total. The van der Waals surface area contributed by atoms with Crippen LogP contribution in [0, 0.1) is 10.5 Å². The normalized spacial score (nSPS) is 16.9. The van der Waals surface area contributed by atoms with Crippen molar-refractivity contribution in [2.24, 2.45) is 0 Å². The Morgan fingerprint density at radius 2 is 1.95 bits per heavy atom. The summed E-state index contributed by atoms with van der Waals surface area (Å²) in [5, 5.41) is 0. The van der Waals surface area contributed by atoms with Crippen LogP contribution >= 0.6 is 22.6 Å². The summed E-state index contributed by atoms with van der Waals surface area (Å²) in [5.74, 6) is 0.563. The smallest absolute Gasteiger partial charge is 0.479 e. The van der Waals surface area contributed by atoms with Crippen LogP contribution in [0.25, 0.3) is 0 Å². The maximum atomic E-state index is 12.7. The highest BCUT2D eigenvalue weighted by Gasteiger charge is 2.34.